The van der Waals surface area contributed by atoms with Crippen LogP contribution in [0.5, 0.6) is 0 Å². The molecular formula is C11H15NO2. The summed E-state index contributed by atoms with van der Waals surface area (Å²) in [5.74, 6) is -1.05. The Morgan fingerprint density at radius 1 is 1.43 bits per heavy atom. The molecule has 0 saturated carbocycles. The number of carbonyl (C=O) groups is 1. The summed E-state index contributed by atoms with van der Waals surface area (Å²) in [7, 11) is 0. The first-order valence-electron chi connectivity index (χ1n) is 4.70. The van der Waals surface area contributed by atoms with Crippen molar-refractivity contribution in [3.8, 4) is 0 Å². The van der Waals surface area contributed by atoms with Gasteiger partial charge in [0.1, 0.15) is 6.04 Å². The monoisotopic (exact) mass is 193 g/mol. The topological polar surface area (TPSA) is 63.3 Å². The summed E-state index contributed by atoms with van der Waals surface area (Å²) in [4.78, 5) is 10.7. The first-order chi connectivity index (χ1) is 6.66. The Morgan fingerprint density at radius 3 is 2.43 bits per heavy atom. The van der Waals surface area contributed by atoms with E-state index in [1.54, 1.807) is 0 Å². The van der Waals surface area contributed by atoms with E-state index in [2.05, 4.69) is 0 Å². The Hall–Kier alpha value is -1.35. The van der Waals surface area contributed by atoms with E-state index in [9.17, 15) is 4.79 Å². The molecule has 3 nitrogen and oxygen atoms in total. The number of nitrogens with two attached hydrogens (primary N) is 1. The molecule has 1 aromatic carbocycles. The minimum absolute atomic E-state index is 0.103. The average molecular weight is 193 g/mol. The van der Waals surface area contributed by atoms with Gasteiger partial charge in [0.05, 0.1) is 0 Å². The second kappa shape index (κ2) is 4.77. The molecule has 0 aliphatic heterocycles. The molecular weight excluding hydrogens is 178 g/mol. The van der Waals surface area contributed by atoms with Crippen LogP contribution in [0.3, 0.4) is 0 Å². The van der Waals surface area contributed by atoms with Gasteiger partial charge in [-0.25, -0.2) is 0 Å². The third-order valence-corrected chi connectivity index (χ3v) is 2.39. The maximum absolute atomic E-state index is 10.7. The van der Waals surface area contributed by atoms with Gasteiger partial charge in [0.25, 0.3) is 0 Å². The average Bonchev–Trinajstić information content (AvgIpc) is 2.20. The molecule has 0 radical (unpaired) electrons. The van der Waals surface area contributed by atoms with E-state index in [0.717, 1.165) is 12.0 Å². The van der Waals surface area contributed by atoms with Crippen LogP contribution < -0.4 is 5.73 Å². The lowest BCUT2D eigenvalue weighted by atomic mass is 9.90. The summed E-state index contributed by atoms with van der Waals surface area (Å²) in [5.41, 5.74) is 6.59. The van der Waals surface area contributed by atoms with E-state index in [0.29, 0.717) is 0 Å². The number of carboxylic acid groups (broad SMARTS) is 1. The number of aliphatic carboxylic acids is 1. The van der Waals surface area contributed by atoms with Crippen molar-refractivity contribution < 1.29 is 9.90 Å². The highest BCUT2D eigenvalue weighted by Gasteiger charge is 2.23. The van der Waals surface area contributed by atoms with Gasteiger partial charge in [0.15, 0.2) is 0 Å². The lowest BCUT2D eigenvalue weighted by Crippen LogP contribution is -2.36. The van der Waals surface area contributed by atoms with E-state index in [1.807, 2.05) is 37.3 Å². The van der Waals surface area contributed by atoms with Crippen LogP contribution in [0.1, 0.15) is 24.8 Å². The van der Waals surface area contributed by atoms with Crippen LogP contribution in [0.4, 0.5) is 0 Å². The Bertz CT molecular complexity index is 297. The molecule has 14 heavy (non-hydrogen) atoms. The van der Waals surface area contributed by atoms with E-state index >= 15 is 0 Å². The maximum Gasteiger partial charge on any atom is 0.321 e. The lowest BCUT2D eigenvalue weighted by molar-refractivity contribution is -0.139. The van der Waals surface area contributed by atoms with Crippen molar-refractivity contribution in [2.45, 2.75) is 25.3 Å². The van der Waals surface area contributed by atoms with Crippen LogP contribution in [-0.2, 0) is 4.79 Å². The maximum atomic E-state index is 10.7. The first-order valence-corrected chi connectivity index (χ1v) is 4.70. The Balaban J connectivity index is 2.87. The predicted molar refractivity (Wildman–Crippen MR) is 55.1 cm³/mol. The highest BCUT2D eigenvalue weighted by molar-refractivity contribution is 5.74. The van der Waals surface area contributed by atoms with Crippen LogP contribution in [0, 0.1) is 0 Å². The summed E-state index contributed by atoms with van der Waals surface area (Å²) in [6, 6.07) is 8.71. The highest BCUT2D eigenvalue weighted by atomic mass is 16.4. The quantitative estimate of drug-likeness (QED) is 0.763. The van der Waals surface area contributed by atoms with Gasteiger partial charge in [0.2, 0.25) is 0 Å². The molecule has 3 heteroatoms. The van der Waals surface area contributed by atoms with E-state index < -0.39 is 12.0 Å². The van der Waals surface area contributed by atoms with Gasteiger partial charge in [-0.05, 0) is 12.0 Å². The molecule has 0 aliphatic rings. The molecule has 0 fully saturated rings. The van der Waals surface area contributed by atoms with E-state index in [1.165, 1.54) is 0 Å². The minimum atomic E-state index is -0.944. The highest BCUT2D eigenvalue weighted by Crippen LogP contribution is 2.21. The fourth-order valence-electron chi connectivity index (χ4n) is 1.57. The third kappa shape index (κ3) is 2.33. The van der Waals surface area contributed by atoms with Gasteiger partial charge in [-0.15, -0.1) is 0 Å². The molecule has 76 valence electrons. The summed E-state index contributed by atoms with van der Waals surface area (Å²) < 4.78 is 0. The molecule has 0 aliphatic carbocycles. The smallest absolute Gasteiger partial charge is 0.321 e. The van der Waals surface area contributed by atoms with Crippen LogP contribution in [0.2, 0.25) is 0 Å². The van der Waals surface area contributed by atoms with Crippen molar-refractivity contribution in [3.63, 3.8) is 0 Å². The molecule has 0 amide bonds. The molecule has 2 atom stereocenters. The van der Waals surface area contributed by atoms with Crippen molar-refractivity contribution in [2.75, 3.05) is 0 Å². The zero-order valence-electron chi connectivity index (χ0n) is 8.18. The number of rotatable bonds is 4. The number of hydrogen-bond acceptors (Lipinski definition) is 2. The number of carboxylic acids is 1. The van der Waals surface area contributed by atoms with Gasteiger partial charge < -0.3 is 10.8 Å². The van der Waals surface area contributed by atoms with Crippen molar-refractivity contribution in [2.24, 2.45) is 5.73 Å². The predicted octanol–water partition coefficient (Wildman–Crippen LogP) is 1.59. The number of benzene rings is 1. The molecule has 0 saturated heterocycles. The standard InChI is InChI=1S/C11H15NO2/c1-2-9(10(12)11(13)14)8-6-4-3-5-7-8/h3-7,9-10H,2,12H2,1H3,(H,13,14). The fraction of sp³-hybridized carbons (Fsp3) is 0.364. The molecule has 2 unspecified atom stereocenters. The lowest BCUT2D eigenvalue weighted by Gasteiger charge is -2.19. The molecule has 0 bridgehead atoms. The summed E-state index contributed by atoms with van der Waals surface area (Å²) in [6.45, 7) is 1.94. The van der Waals surface area contributed by atoms with Crippen molar-refractivity contribution in [3.05, 3.63) is 35.9 Å². The SMILES string of the molecule is CCC(c1ccccc1)C(N)C(=O)O. The van der Waals surface area contributed by atoms with Crippen LogP contribution in [0.25, 0.3) is 0 Å². The third-order valence-electron chi connectivity index (χ3n) is 2.39. The Labute approximate surface area is 83.6 Å². The van der Waals surface area contributed by atoms with Gasteiger partial charge in [0, 0.05) is 5.92 Å². The second-order valence-corrected chi connectivity index (χ2v) is 3.29. The van der Waals surface area contributed by atoms with Gasteiger partial charge >= 0.3 is 5.97 Å². The Morgan fingerprint density at radius 2 is 2.00 bits per heavy atom. The van der Waals surface area contributed by atoms with E-state index in [4.69, 9.17) is 10.8 Å². The van der Waals surface area contributed by atoms with Crippen LogP contribution >= 0.6 is 0 Å². The first kappa shape index (κ1) is 10.7. The molecule has 0 aromatic heterocycles. The van der Waals surface area contributed by atoms with Crippen molar-refractivity contribution >= 4 is 5.97 Å². The minimum Gasteiger partial charge on any atom is -0.480 e. The van der Waals surface area contributed by atoms with Gasteiger partial charge in [-0.1, -0.05) is 37.3 Å². The van der Waals surface area contributed by atoms with Crippen LogP contribution in [0.15, 0.2) is 30.3 Å². The van der Waals surface area contributed by atoms with Crippen LogP contribution in [-0.4, -0.2) is 17.1 Å². The van der Waals surface area contributed by atoms with Crippen molar-refractivity contribution in [1.82, 2.24) is 0 Å². The summed E-state index contributed by atoms with van der Waals surface area (Å²) >= 11 is 0. The number of hydrogen-bond donors (Lipinski definition) is 2. The zero-order chi connectivity index (χ0) is 10.6. The molecule has 1 aromatic rings. The molecule has 3 N–H and O–H groups in total. The fourth-order valence-corrected chi connectivity index (χ4v) is 1.57. The summed E-state index contributed by atoms with van der Waals surface area (Å²) in [6.07, 6.45) is 0.734. The molecule has 1 rings (SSSR count). The normalized spacial score (nSPS) is 14.7. The summed E-state index contributed by atoms with van der Waals surface area (Å²) in [5, 5.41) is 8.82. The largest absolute Gasteiger partial charge is 0.480 e. The van der Waals surface area contributed by atoms with Gasteiger partial charge in [-0.3, -0.25) is 4.79 Å². The van der Waals surface area contributed by atoms with Crippen molar-refractivity contribution in [1.29, 1.82) is 0 Å². The second-order valence-electron chi connectivity index (χ2n) is 3.29. The Kier molecular flexibility index (Phi) is 3.65. The van der Waals surface area contributed by atoms with Gasteiger partial charge in [-0.2, -0.15) is 0 Å². The molecule has 0 spiro atoms. The molecule has 0 heterocycles. The van der Waals surface area contributed by atoms with E-state index in [-0.39, 0.29) is 5.92 Å². The zero-order valence-corrected chi connectivity index (χ0v) is 8.18.